The first-order valence-corrected chi connectivity index (χ1v) is 7.26. The van der Waals surface area contributed by atoms with Crippen LogP contribution in [0.3, 0.4) is 0 Å². The summed E-state index contributed by atoms with van der Waals surface area (Å²) in [7, 11) is 0. The van der Waals surface area contributed by atoms with Crippen LogP contribution in [0.4, 0.5) is 5.69 Å². The van der Waals surface area contributed by atoms with E-state index in [2.05, 4.69) is 56.4 Å². The zero-order valence-corrected chi connectivity index (χ0v) is 12.2. The van der Waals surface area contributed by atoms with Crippen LogP contribution in [0.1, 0.15) is 52.0 Å². The molecule has 102 valence electrons. The molecule has 1 aliphatic rings. The van der Waals surface area contributed by atoms with Crippen LogP contribution in [0.25, 0.3) is 0 Å². The van der Waals surface area contributed by atoms with Crippen molar-refractivity contribution in [3.63, 3.8) is 0 Å². The summed E-state index contributed by atoms with van der Waals surface area (Å²) in [6, 6.07) is 11.7. The van der Waals surface area contributed by atoms with Gasteiger partial charge in [0.2, 0.25) is 0 Å². The van der Waals surface area contributed by atoms with Gasteiger partial charge in [0.05, 0.1) is 6.07 Å². The Morgan fingerprint density at radius 3 is 2.11 bits per heavy atom. The number of nitrogens with zero attached hydrogens (tertiary/aromatic N) is 1. The fraction of sp³-hybridized carbons (Fsp3) is 0.588. The molecule has 0 saturated heterocycles. The molecule has 0 aliphatic heterocycles. The van der Waals surface area contributed by atoms with Crippen molar-refractivity contribution in [3.05, 3.63) is 29.8 Å². The van der Waals surface area contributed by atoms with E-state index in [0.717, 1.165) is 25.7 Å². The van der Waals surface area contributed by atoms with Crippen molar-refractivity contribution in [1.29, 1.82) is 5.26 Å². The van der Waals surface area contributed by atoms with Gasteiger partial charge in [-0.1, -0.05) is 32.9 Å². The van der Waals surface area contributed by atoms with Gasteiger partial charge in [0.15, 0.2) is 0 Å². The summed E-state index contributed by atoms with van der Waals surface area (Å²) in [5.41, 5.74) is 2.78. The minimum atomic E-state index is 0.212. The van der Waals surface area contributed by atoms with E-state index in [1.165, 1.54) is 11.3 Å². The van der Waals surface area contributed by atoms with Gasteiger partial charge in [-0.3, -0.25) is 0 Å². The van der Waals surface area contributed by atoms with E-state index in [4.69, 9.17) is 5.26 Å². The van der Waals surface area contributed by atoms with Crippen molar-refractivity contribution in [2.24, 2.45) is 5.92 Å². The molecule has 1 aromatic carbocycles. The van der Waals surface area contributed by atoms with Gasteiger partial charge in [0, 0.05) is 17.6 Å². The average molecular weight is 256 g/mol. The highest BCUT2D eigenvalue weighted by Crippen LogP contribution is 2.27. The molecule has 0 radical (unpaired) electrons. The van der Waals surface area contributed by atoms with Crippen molar-refractivity contribution >= 4 is 5.69 Å². The van der Waals surface area contributed by atoms with Crippen LogP contribution in [0.15, 0.2) is 24.3 Å². The maximum Gasteiger partial charge on any atom is 0.0655 e. The van der Waals surface area contributed by atoms with Crippen molar-refractivity contribution in [3.8, 4) is 6.07 Å². The van der Waals surface area contributed by atoms with Crippen LogP contribution in [0.2, 0.25) is 0 Å². The highest BCUT2D eigenvalue weighted by Gasteiger charge is 2.20. The predicted octanol–water partition coefficient (Wildman–Crippen LogP) is 4.48. The SMILES string of the molecule is CC(C)(C)c1ccc(NC2CCC(C#N)CC2)cc1. The first kappa shape index (κ1) is 13.9. The summed E-state index contributed by atoms with van der Waals surface area (Å²) in [5, 5.41) is 12.5. The molecular formula is C17H24N2. The molecule has 0 aromatic heterocycles. The Balaban J connectivity index is 1.92. The molecule has 19 heavy (non-hydrogen) atoms. The van der Waals surface area contributed by atoms with E-state index >= 15 is 0 Å². The fourth-order valence-corrected chi connectivity index (χ4v) is 2.67. The van der Waals surface area contributed by atoms with Crippen molar-refractivity contribution in [2.75, 3.05) is 5.32 Å². The van der Waals surface area contributed by atoms with Gasteiger partial charge in [0.25, 0.3) is 0 Å². The Morgan fingerprint density at radius 2 is 1.63 bits per heavy atom. The Kier molecular flexibility index (Phi) is 4.14. The van der Waals surface area contributed by atoms with Crippen LogP contribution in [-0.4, -0.2) is 6.04 Å². The summed E-state index contributed by atoms with van der Waals surface area (Å²) < 4.78 is 0. The number of nitriles is 1. The van der Waals surface area contributed by atoms with Crippen LogP contribution < -0.4 is 5.32 Å². The van der Waals surface area contributed by atoms with Crippen LogP contribution in [-0.2, 0) is 5.41 Å². The zero-order chi connectivity index (χ0) is 13.9. The highest BCUT2D eigenvalue weighted by molar-refractivity contribution is 5.46. The normalized spacial score (nSPS) is 23.7. The van der Waals surface area contributed by atoms with E-state index in [9.17, 15) is 0 Å². The monoisotopic (exact) mass is 256 g/mol. The lowest BCUT2D eigenvalue weighted by Gasteiger charge is -2.27. The van der Waals surface area contributed by atoms with E-state index in [1.54, 1.807) is 0 Å². The molecule has 2 nitrogen and oxygen atoms in total. The quantitative estimate of drug-likeness (QED) is 0.847. The maximum absolute atomic E-state index is 8.90. The smallest absolute Gasteiger partial charge is 0.0655 e. The number of hydrogen-bond donors (Lipinski definition) is 1. The Hall–Kier alpha value is -1.49. The second-order valence-electron chi connectivity index (χ2n) is 6.65. The molecule has 2 heteroatoms. The highest BCUT2D eigenvalue weighted by atomic mass is 14.9. The Bertz CT molecular complexity index is 440. The van der Waals surface area contributed by atoms with Gasteiger partial charge >= 0.3 is 0 Å². The molecule has 0 heterocycles. The van der Waals surface area contributed by atoms with Crippen LogP contribution in [0, 0.1) is 17.2 Å². The third-order valence-electron chi connectivity index (χ3n) is 4.03. The standard InChI is InChI=1S/C17H24N2/c1-17(2,3)14-6-10-16(11-7-14)19-15-8-4-13(12-18)5-9-15/h6-7,10-11,13,15,19H,4-5,8-9H2,1-3H3. The molecule has 1 N–H and O–H groups in total. The molecule has 0 bridgehead atoms. The molecule has 1 aromatic rings. The third-order valence-corrected chi connectivity index (χ3v) is 4.03. The lowest BCUT2D eigenvalue weighted by Crippen LogP contribution is -2.25. The minimum absolute atomic E-state index is 0.212. The molecule has 1 fully saturated rings. The predicted molar refractivity (Wildman–Crippen MR) is 80.1 cm³/mol. The number of hydrogen-bond acceptors (Lipinski definition) is 2. The summed E-state index contributed by atoms with van der Waals surface area (Å²) >= 11 is 0. The molecule has 2 rings (SSSR count). The number of benzene rings is 1. The fourth-order valence-electron chi connectivity index (χ4n) is 2.67. The van der Waals surface area contributed by atoms with Gasteiger partial charge < -0.3 is 5.32 Å². The lowest BCUT2D eigenvalue weighted by molar-refractivity contribution is 0.397. The topological polar surface area (TPSA) is 35.8 Å². The Morgan fingerprint density at radius 1 is 1.05 bits per heavy atom. The molecule has 0 atom stereocenters. The Labute approximate surface area is 116 Å². The third kappa shape index (κ3) is 3.73. The van der Waals surface area contributed by atoms with Crippen molar-refractivity contribution in [2.45, 2.75) is 57.9 Å². The van der Waals surface area contributed by atoms with Gasteiger partial charge in [-0.15, -0.1) is 0 Å². The molecule has 0 amide bonds. The summed E-state index contributed by atoms with van der Waals surface area (Å²) in [4.78, 5) is 0. The van der Waals surface area contributed by atoms with E-state index in [-0.39, 0.29) is 11.3 Å². The van der Waals surface area contributed by atoms with Crippen molar-refractivity contribution in [1.82, 2.24) is 0 Å². The van der Waals surface area contributed by atoms with E-state index in [0.29, 0.717) is 6.04 Å². The second kappa shape index (κ2) is 5.65. The summed E-state index contributed by atoms with van der Waals surface area (Å²) in [5.74, 6) is 0.279. The van der Waals surface area contributed by atoms with Gasteiger partial charge in [-0.05, 0) is 48.8 Å². The van der Waals surface area contributed by atoms with Crippen LogP contribution >= 0.6 is 0 Å². The van der Waals surface area contributed by atoms with Gasteiger partial charge in [-0.25, -0.2) is 0 Å². The minimum Gasteiger partial charge on any atom is -0.382 e. The van der Waals surface area contributed by atoms with Gasteiger partial charge in [-0.2, -0.15) is 5.26 Å². The molecule has 1 saturated carbocycles. The second-order valence-corrected chi connectivity index (χ2v) is 6.65. The first-order chi connectivity index (χ1) is 8.99. The molecule has 0 unspecified atom stereocenters. The summed E-state index contributed by atoms with van der Waals surface area (Å²) in [6.07, 6.45) is 4.29. The first-order valence-electron chi connectivity index (χ1n) is 7.26. The van der Waals surface area contributed by atoms with Crippen LogP contribution in [0.5, 0.6) is 0 Å². The van der Waals surface area contributed by atoms with Crippen molar-refractivity contribution < 1.29 is 0 Å². The van der Waals surface area contributed by atoms with E-state index < -0.39 is 0 Å². The number of nitrogens with one attached hydrogen (secondary N) is 1. The number of rotatable bonds is 2. The number of anilines is 1. The molecule has 1 aliphatic carbocycles. The van der Waals surface area contributed by atoms with E-state index in [1.807, 2.05) is 0 Å². The summed E-state index contributed by atoms with van der Waals surface area (Å²) in [6.45, 7) is 6.70. The lowest BCUT2D eigenvalue weighted by atomic mass is 9.86. The molecule has 0 spiro atoms. The maximum atomic E-state index is 8.90. The zero-order valence-electron chi connectivity index (χ0n) is 12.2. The van der Waals surface area contributed by atoms with Gasteiger partial charge in [0.1, 0.15) is 0 Å². The molecular weight excluding hydrogens is 232 g/mol. The average Bonchev–Trinajstić information content (AvgIpc) is 2.39. The largest absolute Gasteiger partial charge is 0.382 e.